The van der Waals surface area contributed by atoms with Crippen LogP contribution in [0.4, 0.5) is 11.4 Å². The number of amides is 1. The van der Waals surface area contributed by atoms with Crippen LogP contribution in [-0.4, -0.2) is 20.4 Å². The number of anilines is 2. The summed E-state index contributed by atoms with van der Waals surface area (Å²) in [5.74, 6) is -0.0311. The molecule has 0 saturated carbocycles. The van der Waals surface area contributed by atoms with Crippen LogP contribution < -0.4 is 9.62 Å². The second-order valence-corrected chi connectivity index (χ2v) is 8.07. The molecule has 2 aromatic rings. The lowest BCUT2D eigenvalue weighted by Gasteiger charge is -2.20. The molecular weight excluding hydrogens is 336 g/mol. The van der Waals surface area contributed by atoms with Gasteiger partial charge in [0.25, 0.3) is 10.0 Å². The van der Waals surface area contributed by atoms with Gasteiger partial charge in [-0.1, -0.05) is 19.1 Å². The van der Waals surface area contributed by atoms with Crippen LogP contribution in [0.15, 0.2) is 47.4 Å². The summed E-state index contributed by atoms with van der Waals surface area (Å²) in [4.78, 5) is 13.7. The van der Waals surface area contributed by atoms with E-state index in [4.69, 9.17) is 0 Å². The Labute approximate surface area is 148 Å². The molecule has 2 aromatic carbocycles. The van der Waals surface area contributed by atoms with Crippen molar-refractivity contribution in [1.82, 2.24) is 0 Å². The molecule has 1 unspecified atom stereocenters. The molecule has 1 heterocycles. The van der Waals surface area contributed by atoms with Crippen molar-refractivity contribution < 1.29 is 13.2 Å². The SMILES string of the molecule is CCc1cccc(NS(=O)(=O)c2ccc3c(c2)CC(C)N3C(C)=O)c1. The Hall–Kier alpha value is -2.34. The largest absolute Gasteiger partial charge is 0.309 e. The van der Waals surface area contributed by atoms with E-state index in [0.29, 0.717) is 12.1 Å². The maximum Gasteiger partial charge on any atom is 0.261 e. The molecule has 0 aromatic heterocycles. The first kappa shape index (κ1) is 17.5. The molecule has 0 bridgehead atoms. The van der Waals surface area contributed by atoms with Crippen LogP contribution in [0.25, 0.3) is 0 Å². The van der Waals surface area contributed by atoms with Crippen LogP contribution in [0.1, 0.15) is 31.9 Å². The van der Waals surface area contributed by atoms with Gasteiger partial charge in [-0.05, 0) is 61.2 Å². The second-order valence-electron chi connectivity index (χ2n) is 6.39. The summed E-state index contributed by atoms with van der Waals surface area (Å²) in [7, 11) is -3.67. The van der Waals surface area contributed by atoms with Crippen LogP contribution >= 0.6 is 0 Å². The Balaban J connectivity index is 1.91. The number of carbonyl (C=O) groups excluding carboxylic acids is 1. The average Bonchev–Trinajstić information content (AvgIpc) is 2.89. The molecule has 1 N–H and O–H groups in total. The Morgan fingerprint density at radius 2 is 2.00 bits per heavy atom. The van der Waals surface area contributed by atoms with Gasteiger partial charge >= 0.3 is 0 Å². The first-order valence-electron chi connectivity index (χ1n) is 8.36. The first-order valence-corrected chi connectivity index (χ1v) is 9.84. The quantitative estimate of drug-likeness (QED) is 0.911. The zero-order valence-electron chi connectivity index (χ0n) is 14.6. The van der Waals surface area contributed by atoms with Crippen molar-refractivity contribution in [1.29, 1.82) is 0 Å². The van der Waals surface area contributed by atoms with Gasteiger partial charge in [0.1, 0.15) is 0 Å². The highest BCUT2D eigenvalue weighted by Gasteiger charge is 2.30. The van der Waals surface area contributed by atoms with Gasteiger partial charge < -0.3 is 4.90 Å². The minimum absolute atomic E-state index is 0.0311. The molecule has 1 aliphatic heterocycles. The van der Waals surface area contributed by atoms with E-state index in [1.807, 2.05) is 32.0 Å². The van der Waals surface area contributed by atoms with E-state index < -0.39 is 10.0 Å². The smallest absolute Gasteiger partial charge is 0.261 e. The molecule has 1 aliphatic rings. The molecular formula is C19H22N2O3S. The Kier molecular flexibility index (Phi) is 4.56. The maximum absolute atomic E-state index is 12.7. The topological polar surface area (TPSA) is 66.5 Å². The van der Waals surface area contributed by atoms with E-state index in [9.17, 15) is 13.2 Å². The van der Waals surface area contributed by atoms with Gasteiger partial charge in [0.15, 0.2) is 0 Å². The lowest BCUT2D eigenvalue weighted by atomic mass is 10.1. The normalized spacial score (nSPS) is 16.6. The predicted molar refractivity (Wildman–Crippen MR) is 99.4 cm³/mol. The van der Waals surface area contributed by atoms with E-state index in [0.717, 1.165) is 23.2 Å². The third-order valence-corrected chi connectivity index (χ3v) is 5.88. The number of nitrogens with zero attached hydrogens (tertiary/aromatic N) is 1. The van der Waals surface area contributed by atoms with Crippen LogP contribution in [0.5, 0.6) is 0 Å². The lowest BCUT2D eigenvalue weighted by Crippen LogP contribution is -2.33. The molecule has 0 saturated heterocycles. The van der Waals surface area contributed by atoms with Gasteiger partial charge in [0, 0.05) is 24.3 Å². The van der Waals surface area contributed by atoms with Crippen molar-refractivity contribution in [2.45, 2.75) is 44.6 Å². The van der Waals surface area contributed by atoms with Crippen molar-refractivity contribution in [3.05, 3.63) is 53.6 Å². The molecule has 6 heteroatoms. The molecule has 132 valence electrons. The Morgan fingerprint density at radius 3 is 2.68 bits per heavy atom. The number of sulfonamides is 1. The van der Waals surface area contributed by atoms with Gasteiger partial charge in [0.05, 0.1) is 4.90 Å². The van der Waals surface area contributed by atoms with Gasteiger partial charge in [0.2, 0.25) is 5.91 Å². The molecule has 25 heavy (non-hydrogen) atoms. The van der Waals surface area contributed by atoms with Gasteiger partial charge in [-0.15, -0.1) is 0 Å². The second kappa shape index (κ2) is 6.52. The molecule has 3 rings (SSSR count). The fourth-order valence-corrected chi connectivity index (χ4v) is 4.42. The lowest BCUT2D eigenvalue weighted by molar-refractivity contribution is -0.116. The van der Waals surface area contributed by atoms with E-state index >= 15 is 0 Å². The highest BCUT2D eigenvalue weighted by molar-refractivity contribution is 7.92. The van der Waals surface area contributed by atoms with Crippen LogP contribution in [0, 0.1) is 0 Å². The maximum atomic E-state index is 12.7. The third kappa shape index (κ3) is 3.39. The van der Waals surface area contributed by atoms with E-state index in [1.54, 1.807) is 29.2 Å². The Bertz CT molecular complexity index is 922. The number of hydrogen-bond donors (Lipinski definition) is 1. The first-order chi connectivity index (χ1) is 11.8. The molecule has 0 fully saturated rings. The number of fused-ring (bicyclic) bond motifs is 1. The van der Waals surface area contributed by atoms with Gasteiger partial charge in [-0.3, -0.25) is 9.52 Å². The van der Waals surface area contributed by atoms with Crippen LogP contribution in [-0.2, 0) is 27.7 Å². The number of rotatable bonds is 4. The zero-order valence-corrected chi connectivity index (χ0v) is 15.4. The average molecular weight is 358 g/mol. The van der Waals surface area contributed by atoms with Crippen LogP contribution in [0.3, 0.4) is 0 Å². The fourth-order valence-electron chi connectivity index (χ4n) is 3.32. The molecule has 0 radical (unpaired) electrons. The van der Waals surface area contributed by atoms with Crippen molar-refractivity contribution >= 4 is 27.3 Å². The van der Waals surface area contributed by atoms with E-state index in [1.165, 1.54) is 6.92 Å². The summed E-state index contributed by atoms with van der Waals surface area (Å²) < 4.78 is 28.0. The number of aryl methyl sites for hydroxylation is 1. The van der Waals surface area contributed by atoms with Gasteiger partial charge in [-0.25, -0.2) is 8.42 Å². The predicted octanol–water partition coefficient (Wildman–Crippen LogP) is 3.35. The van der Waals surface area contributed by atoms with Crippen molar-refractivity contribution in [2.24, 2.45) is 0 Å². The number of hydrogen-bond acceptors (Lipinski definition) is 3. The zero-order chi connectivity index (χ0) is 18.2. The van der Waals surface area contributed by atoms with Crippen molar-refractivity contribution in [3.8, 4) is 0 Å². The minimum Gasteiger partial charge on any atom is -0.309 e. The highest BCUT2D eigenvalue weighted by atomic mass is 32.2. The monoisotopic (exact) mass is 358 g/mol. The minimum atomic E-state index is -3.67. The molecule has 0 spiro atoms. The summed E-state index contributed by atoms with van der Waals surface area (Å²) in [6, 6.07) is 12.4. The summed E-state index contributed by atoms with van der Waals surface area (Å²) in [6.07, 6.45) is 1.50. The van der Waals surface area contributed by atoms with Crippen molar-refractivity contribution in [3.63, 3.8) is 0 Å². The van der Waals surface area contributed by atoms with E-state index in [-0.39, 0.29) is 16.8 Å². The number of carbonyl (C=O) groups is 1. The fraction of sp³-hybridized carbons (Fsp3) is 0.316. The third-order valence-electron chi connectivity index (χ3n) is 4.50. The Morgan fingerprint density at radius 1 is 1.24 bits per heavy atom. The number of benzene rings is 2. The summed E-state index contributed by atoms with van der Waals surface area (Å²) in [5, 5.41) is 0. The summed E-state index contributed by atoms with van der Waals surface area (Å²) in [5.41, 5.74) is 3.30. The molecule has 1 amide bonds. The van der Waals surface area contributed by atoms with Crippen LogP contribution in [0.2, 0.25) is 0 Å². The number of nitrogens with one attached hydrogen (secondary N) is 1. The standard InChI is InChI=1S/C19H22N2O3S/c1-4-15-6-5-7-17(11-15)20-25(23,24)18-8-9-19-16(12-18)10-13(2)21(19)14(3)22/h5-9,11-13,20H,4,10H2,1-3H3. The van der Waals surface area contributed by atoms with Gasteiger partial charge in [-0.2, -0.15) is 0 Å². The molecule has 5 nitrogen and oxygen atoms in total. The molecule has 1 atom stereocenters. The van der Waals surface area contributed by atoms with Crippen molar-refractivity contribution in [2.75, 3.05) is 9.62 Å². The molecule has 0 aliphatic carbocycles. The summed E-state index contributed by atoms with van der Waals surface area (Å²) in [6.45, 7) is 5.51. The summed E-state index contributed by atoms with van der Waals surface area (Å²) >= 11 is 0. The highest BCUT2D eigenvalue weighted by Crippen LogP contribution is 2.34. The van der Waals surface area contributed by atoms with E-state index in [2.05, 4.69) is 4.72 Å².